The molecule has 2 bridgehead atoms. The predicted molar refractivity (Wildman–Crippen MR) is 43.6 cm³/mol. The molecule has 0 spiro atoms. The van der Waals surface area contributed by atoms with E-state index in [0.29, 0.717) is 0 Å². The van der Waals surface area contributed by atoms with Gasteiger partial charge in [0.2, 0.25) is 5.24 Å². The van der Waals surface area contributed by atoms with E-state index in [4.69, 9.17) is 11.6 Å². The fourth-order valence-corrected chi connectivity index (χ4v) is 2.41. The minimum atomic E-state index is -0.129. The zero-order chi connectivity index (χ0) is 7.90. The van der Waals surface area contributed by atoms with Crippen molar-refractivity contribution in [2.45, 2.75) is 19.3 Å². The van der Waals surface area contributed by atoms with E-state index in [-0.39, 0.29) is 10.7 Å². The fourth-order valence-electron chi connectivity index (χ4n) is 2.12. The number of fused-ring (bicyclic) bond motifs is 3. The van der Waals surface area contributed by atoms with E-state index in [1.807, 2.05) is 0 Å². The molecule has 62 valence electrons. The third-order valence-corrected chi connectivity index (χ3v) is 3.54. The maximum absolute atomic E-state index is 11.1. The molecule has 0 aromatic rings. The Hall–Kier alpha value is -0.0800. The number of halogens is 1. The number of rotatable bonds is 1. The second-order valence-electron chi connectivity index (χ2n) is 3.65. The summed E-state index contributed by atoms with van der Waals surface area (Å²) in [6.45, 7) is 3.20. The van der Waals surface area contributed by atoms with E-state index in [2.05, 4.69) is 4.90 Å². The number of hydrogen-bond acceptors (Lipinski definition) is 2. The van der Waals surface area contributed by atoms with Crippen molar-refractivity contribution in [1.82, 2.24) is 4.90 Å². The van der Waals surface area contributed by atoms with E-state index in [0.717, 1.165) is 38.9 Å². The van der Waals surface area contributed by atoms with Crippen LogP contribution in [0.1, 0.15) is 19.3 Å². The maximum Gasteiger partial charge on any atom is 0.227 e. The lowest BCUT2D eigenvalue weighted by Gasteiger charge is -2.46. The maximum atomic E-state index is 11.1. The molecular formula is C8H12ClNO. The first kappa shape index (κ1) is 7.56. The lowest BCUT2D eigenvalue weighted by molar-refractivity contribution is -0.127. The van der Waals surface area contributed by atoms with Gasteiger partial charge < -0.3 is 4.90 Å². The average molecular weight is 174 g/mol. The summed E-state index contributed by atoms with van der Waals surface area (Å²) in [6.07, 6.45) is 2.94. The van der Waals surface area contributed by atoms with Crippen LogP contribution < -0.4 is 0 Å². The van der Waals surface area contributed by atoms with Gasteiger partial charge in [-0.3, -0.25) is 4.79 Å². The van der Waals surface area contributed by atoms with Gasteiger partial charge in [-0.2, -0.15) is 0 Å². The highest BCUT2D eigenvalue weighted by atomic mass is 35.5. The number of carbonyl (C=O) groups excluding carboxylic acids is 1. The fraction of sp³-hybridized carbons (Fsp3) is 0.875. The van der Waals surface area contributed by atoms with Crippen LogP contribution >= 0.6 is 11.6 Å². The Kier molecular flexibility index (Phi) is 1.69. The number of carbonyl (C=O) groups is 1. The quantitative estimate of drug-likeness (QED) is 0.556. The Morgan fingerprint density at radius 3 is 1.91 bits per heavy atom. The largest absolute Gasteiger partial charge is 0.303 e. The van der Waals surface area contributed by atoms with Crippen molar-refractivity contribution < 1.29 is 4.79 Å². The SMILES string of the molecule is O=C(Cl)C12CCN(CC1)CC2. The third kappa shape index (κ3) is 1.09. The van der Waals surface area contributed by atoms with Gasteiger partial charge in [0.05, 0.1) is 0 Å². The Bertz CT molecular complexity index is 171. The molecule has 3 fully saturated rings. The van der Waals surface area contributed by atoms with Gasteiger partial charge >= 0.3 is 0 Å². The summed E-state index contributed by atoms with van der Waals surface area (Å²) in [7, 11) is 0. The molecule has 0 amide bonds. The lowest BCUT2D eigenvalue weighted by Crippen LogP contribution is -2.50. The zero-order valence-corrected chi connectivity index (χ0v) is 7.23. The molecule has 3 heterocycles. The molecular weight excluding hydrogens is 162 g/mol. The van der Waals surface area contributed by atoms with Crippen LogP contribution in [0.5, 0.6) is 0 Å². The molecule has 3 heteroatoms. The molecule has 0 aromatic heterocycles. The van der Waals surface area contributed by atoms with Crippen LogP contribution in [-0.4, -0.2) is 29.8 Å². The lowest BCUT2D eigenvalue weighted by atomic mass is 9.73. The number of piperidine rings is 3. The summed E-state index contributed by atoms with van der Waals surface area (Å²) >= 11 is 5.58. The molecule has 3 rings (SSSR count). The topological polar surface area (TPSA) is 20.3 Å². The monoisotopic (exact) mass is 173 g/mol. The van der Waals surface area contributed by atoms with Crippen molar-refractivity contribution >= 4 is 16.8 Å². The first-order chi connectivity index (χ1) is 5.23. The molecule has 0 aromatic carbocycles. The summed E-state index contributed by atoms with van der Waals surface area (Å²) in [5, 5.41) is -0.100. The van der Waals surface area contributed by atoms with Crippen LogP contribution in [0.3, 0.4) is 0 Å². The highest BCUT2D eigenvalue weighted by molar-refractivity contribution is 6.64. The minimum absolute atomic E-state index is 0.100. The van der Waals surface area contributed by atoms with E-state index < -0.39 is 0 Å². The van der Waals surface area contributed by atoms with Crippen molar-refractivity contribution in [3.05, 3.63) is 0 Å². The Balaban J connectivity index is 2.18. The molecule has 0 saturated carbocycles. The van der Waals surface area contributed by atoms with Gasteiger partial charge in [0.15, 0.2) is 0 Å². The predicted octanol–water partition coefficient (Wildman–Crippen LogP) is 1.24. The molecule has 0 aliphatic carbocycles. The van der Waals surface area contributed by atoms with Gasteiger partial charge in [0.25, 0.3) is 0 Å². The average Bonchev–Trinajstić information content (AvgIpc) is 2.08. The summed E-state index contributed by atoms with van der Waals surface area (Å²) in [4.78, 5) is 13.5. The van der Waals surface area contributed by atoms with Crippen LogP contribution in [0.4, 0.5) is 0 Å². The number of nitrogens with zero attached hydrogens (tertiary/aromatic N) is 1. The molecule has 0 unspecified atom stereocenters. The summed E-state index contributed by atoms with van der Waals surface area (Å²) in [5.74, 6) is 0. The Morgan fingerprint density at radius 1 is 1.18 bits per heavy atom. The molecule has 11 heavy (non-hydrogen) atoms. The van der Waals surface area contributed by atoms with E-state index in [1.165, 1.54) is 0 Å². The zero-order valence-electron chi connectivity index (χ0n) is 6.48. The normalized spacial score (nSPS) is 42.5. The van der Waals surface area contributed by atoms with Crippen LogP contribution in [0.25, 0.3) is 0 Å². The molecule has 3 saturated heterocycles. The second kappa shape index (κ2) is 2.46. The smallest absolute Gasteiger partial charge is 0.227 e. The van der Waals surface area contributed by atoms with Crippen molar-refractivity contribution in [3.8, 4) is 0 Å². The third-order valence-electron chi connectivity index (χ3n) is 3.14. The molecule has 0 radical (unpaired) electrons. The van der Waals surface area contributed by atoms with Crippen LogP contribution in [0, 0.1) is 5.41 Å². The molecule has 0 atom stereocenters. The van der Waals surface area contributed by atoms with E-state index >= 15 is 0 Å². The minimum Gasteiger partial charge on any atom is -0.303 e. The van der Waals surface area contributed by atoms with Crippen LogP contribution in [-0.2, 0) is 4.79 Å². The molecule has 3 aliphatic rings. The molecule has 2 nitrogen and oxygen atoms in total. The Labute approximate surface area is 71.5 Å². The van der Waals surface area contributed by atoms with Crippen LogP contribution in [0.2, 0.25) is 0 Å². The van der Waals surface area contributed by atoms with Gasteiger partial charge in [-0.15, -0.1) is 0 Å². The van der Waals surface area contributed by atoms with Crippen molar-refractivity contribution in [2.24, 2.45) is 5.41 Å². The van der Waals surface area contributed by atoms with Gasteiger partial charge in [0.1, 0.15) is 0 Å². The molecule has 3 aliphatic heterocycles. The summed E-state index contributed by atoms with van der Waals surface area (Å²) in [5.41, 5.74) is -0.129. The Morgan fingerprint density at radius 2 is 1.64 bits per heavy atom. The molecule has 0 N–H and O–H groups in total. The first-order valence-corrected chi connectivity index (χ1v) is 4.53. The standard InChI is InChI=1S/C8H12ClNO/c9-7(11)8-1-4-10(5-2-8)6-3-8/h1-6H2. The van der Waals surface area contributed by atoms with E-state index in [1.54, 1.807) is 0 Å². The van der Waals surface area contributed by atoms with Gasteiger partial charge in [0, 0.05) is 5.41 Å². The van der Waals surface area contributed by atoms with Crippen LogP contribution in [0.15, 0.2) is 0 Å². The summed E-state index contributed by atoms with van der Waals surface area (Å²) < 4.78 is 0. The first-order valence-electron chi connectivity index (χ1n) is 4.15. The highest BCUT2D eigenvalue weighted by Gasteiger charge is 2.43. The highest BCUT2D eigenvalue weighted by Crippen LogP contribution is 2.41. The number of hydrogen-bond donors (Lipinski definition) is 0. The van der Waals surface area contributed by atoms with Crippen molar-refractivity contribution in [2.75, 3.05) is 19.6 Å². The van der Waals surface area contributed by atoms with Crippen molar-refractivity contribution in [3.63, 3.8) is 0 Å². The van der Waals surface area contributed by atoms with E-state index in [9.17, 15) is 4.79 Å². The van der Waals surface area contributed by atoms with Crippen molar-refractivity contribution in [1.29, 1.82) is 0 Å². The van der Waals surface area contributed by atoms with Gasteiger partial charge in [-0.25, -0.2) is 0 Å². The second-order valence-corrected chi connectivity index (χ2v) is 3.99. The summed E-state index contributed by atoms with van der Waals surface area (Å²) in [6, 6.07) is 0. The van der Waals surface area contributed by atoms with Gasteiger partial charge in [-0.1, -0.05) is 0 Å². The van der Waals surface area contributed by atoms with Gasteiger partial charge in [-0.05, 0) is 50.5 Å².